The van der Waals surface area contributed by atoms with Gasteiger partial charge in [0.05, 0.1) is 11.7 Å². The van der Waals surface area contributed by atoms with E-state index in [0.29, 0.717) is 6.42 Å². The molecule has 1 spiro atoms. The summed E-state index contributed by atoms with van der Waals surface area (Å²) < 4.78 is 0. The number of likely N-dealkylation sites (tertiary alicyclic amines) is 1. The molecule has 0 aromatic heterocycles. The van der Waals surface area contributed by atoms with Crippen molar-refractivity contribution in [3.05, 3.63) is 66.2 Å². The number of piperidine rings is 1. The lowest BCUT2D eigenvalue weighted by molar-refractivity contribution is -0.158. The number of hydrogen-bond acceptors (Lipinski definition) is 3. The largest absolute Gasteiger partial charge is 0.343 e. The first-order chi connectivity index (χ1) is 11.7. The van der Waals surface area contributed by atoms with Crippen molar-refractivity contribution in [1.82, 2.24) is 4.90 Å². The number of hydrogen-bond donors (Lipinski definition) is 0. The molecule has 0 unspecified atom stereocenters. The quantitative estimate of drug-likeness (QED) is 0.847. The molecule has 2 saturated heterocycles. The molecule has 0 bridgehead atoms. The van der Waals surface area contributed by atoms with Crippen molar-refractivity contribution in [3.8, 4) is 0 Å². The van der Waals surface area contributed by atoms with Crippen LogP contribution in [-0.2, 0) is 9.63 Å². The van der Waals surface area contributed by atoms with Crippen molar-refractivity contribution in [3.63, 3.8) is 0 Å². The van der Waals surface area contributed by atoms with Gasteiger partial charge in [-0.15, -0.1) is 0 Å². The molecule has 4 rings (SSSR count). The monoisotopic (exact) mass is 322 g/mol. The summed E-state index contributed by atoms with van der Waals surface area (Å²) in [6.07, 6.45) is 2.45. The second-order valence-electron chi connectivity index (χ2n) is 6.71. The topological polar surface area (TPSA) is 32.8 Å². The van der Waals surface area contributed by atoms with E-state index in [1.54, 1.807) is 4.90 Å². The fraction of sp³-hybridized carbons (Fsp3) is 0.350. The van der Waals surface area contributed by atoms with Crippen LogP contribution in [0, 0.1) is 0 Å². The van der Waals surface area contributed by atoms with Crippen LogP contribution in [-0.4, -0.2) is 30.0 Å². The Bertz CT molecular complexity index is 669. The summed E-state index contributed by atoms with van der Waals surface area (Å²) in [4.78, 5) is 21.1. The second-order valence-corrected chi connectivity index (χ2v) is 6.71. The van der Waals surface area contributed by atoms with Gasteiger partial charge in [0.1, 0.15) is 0 Å². The number of para-hydroxylation sites is 1. The van der Waals surface area contributed by atoms with Crippen LogP contribution in [0.25, 0.3) is 0 Å². The molecule has 2 aliphatic heterocycles. The first kappa shape index (κ1) is 15.2. The summed E-state index contributed by atoms with van der Waals surface area (Å²) >= 11 is 0. The second kappa shape index (κ2) is 5.95. The average molecular weight is 322 g/mol. The zero-order chi connectivity index (χ0) is 16.6. The zero-order valence-electron chi connectivity index (χ0n) is 13.9. The number of hydroxylamine groups is 1. The van der Waals surface area contributed by atoms with E-state index in [9.17, 15) is 4.79 Å². The molecular weight excluding hydrogens is 300 g/mol. The summed E-state index contributed by atoms with van der Waals surface area (Å²) in [5.41, 5.74) is 1.44. The van der Waals surface area contributed by atoms with Crippen molar-refractivity contribution >= 4 is 11.6 Å². The highest BCUT2D eigenvalue weighted by Gasteiger charge is 2.54. The molecule has 2 aromatic carbocycles. The molecule has 4 nitrogen and oxygen atoms in total. The molecule has 124 valence electrons. The van der Waals surface area contributed by atoms with Crippen molar-refractivity contribution in [2.75, 3.05) is 18.7 Å². The van der Waals surface area contributed by atoms with Crippen molar-refractivity contribution in [1.29, 1.82) is 0 Å². The van der Waals surface area contributed by atoms with E-state index in [-0.39, 0.29) is 11.9 Å². The minimum Gasteiger partial charge on any atom is -0.343 e. The molecule has 0 radical (unpaired) electrons. The third-order valence-electron chi connectivity index (χ3n) is 5.08. The van der Waals surface area contributed by atoms with Crippen molar-refractivity contribution in [2.45, 2.75) is 30.9 Å². The summed E-state index contributed by atoms with van der Waals surface area (Å²) in [5.74, 6) is 0.105. The van der Waals surface area contributed by atoms with Crippen molar-refractivity contribution < 1.29 is 9.63 Å². The minimum absolute atomic E-state index is 0.0454. The Morgan fingerprint density at radius 1 is 1.04 bits per heavy atom. The van der Waals surface area contributed by atoms with Gasteiger partial charge in [-0.1, -0.05) is 48.5 Å². The number of carbonyl (C=O) groups excluding carboxylic acids is 1. The number of benzene rings is 2. The Morgan fingerprint density at radius 3 is 2.42 bits per heavy atom. The molecule has 4 heteroatoms. The molecule has 2 heterocycles. The number of anilines is 1. The number of likely N-dealkylation sites (N-methyl/N-ethyl adjacent to an activating group) is 1. The smallest absolute Gasteiger partial charge is 0.257 e. The Kier molecular flexibility index (Phi) is 3.77. The van der Waals surface area contributed by atoms with Gasteiger partial charge in [0, 0.05) is 20.0 Å². The molecule has 1 amide bonds. The Labute approximate surface area is 142 Å². The molecular formula is C20H22N2O2. The van der Waals surface area contributed by atoms with E-state index >= 15 is 0 Å². The van der Waals surface area contributed by atoms with Crippen LogP contribution in [0.3, 0.4) is 0 Å². The van der Waals surface area contributed by atoms with Crippen LogP contribution >= 0.6 is 0 Å². The molecule has 0 saturated carbocycles. The van der Waals surface area contributed by atoms with E-state index in [4.69, 9.17) is 4.84 Å². The third-order valence-corrected chi connectivity index (χ3v) is 5.08. The van der Waals surface area contributed by atoms with Crippen molar-refractivity contribution in [2.24, 2.45) is 0 Å². The zero-order valence-corrected chi connectivity index (χ0v) is 13.9. The molecule has 2 fully saturated rings. The highest BCUT2D eigenvalue weighted by atomic mass is 16.7. The molecule has 2 aromatic rings. The first-order valence-corrected chi connectivity index (χ1v) is 8.54. The Balaban J connectivity index is 1.74. The summed E-state index contributed by atoms with van der Waals surface area (Å²) in [7, 11) is 1.87. The molecule has 2 atom stereocenters. The van der Waals surface area contributed by atoms with Crippen LogP contribution in [0.15, 0.2) is 60.7 Å². The highest BCUT2D eigenvalue weighted by molar-refractivity contribution is 5.86. The summed E-state index contributed by atoms with van der Waals surface area (Å²) in [6, 6.07) is 20.4. The van der Waals surface area contributed by atoms with Gasteiger partial charge in [0.25, 0.3) is 5.91 Å². The lowest BCUT2D eigenvalue weighted by Gasteiger charge is -2.36. The Hall–Kier alpha value is -2.33. The first-order valence-electron chi connectivity index (χ1n) is 8.54. The van der Waals surface area contributed by atoms with Gasteiger partial charge in [-0.05, 0) is 30.5 Å². The van der Waals surface area contributed by atoms with E-state index < -0.39 is 5.60 Å². The normalized spacial score (nSPS) is 27.0. The predicted octanol–water partition coefficient (Wildman–Crippen LogP) is 3.56. The van der Waals surface area contributed by atoms with Crippen LogP contribution in [0.4, 0.5) is 5.69 Å². The average Bonchev–Trinajstić information content (AvgIpc) is 3.02. The molecule has 0 N–H and O–H groups in total. The predicted molar refractivity (Wildman–Crippen MR) is 93.4 cm³/mol. The van der Waals surface area contributed by atoms with Gasteiger partial charge < -0.3 is 4.90 Å². The van der Waals surface area contributed by atoms with E-state index in [1.807, 2.05) is 60.6 Å². The van der Waals surface area contributed by atoms with Crippen LogP contribution in [0.5, 0.6) is 0 Å². The maximum absolute atomic E-state index is 12.9. The van der Waals surface area contributed by atoms with Gasteiger partial charge in [-0.3, -0.25) is 9.63 Å². The van der Waals surface area contributed by atoms with Gasteiger partial charge in [0.15, 0.2) is 5.60 Å². The number of rotatable bonds is 2. The van der Waals surface area contributed by atoms with Crippen LogP contribution in [0.1, 0.15) is 30.9 Å². The lowest BCUT2D eigenvalue weighted by Crippen LogP contribution is -2.52. The van der Waals surface area contributed by atoms with Crippen LogP contribution < -0.4 is 5.06 Å². The molecule has 24 heavy (non-hydrogen) atoms. The van der Waals surface area contributed by atoms with E-state index in [1.165, 1.54) is 5.56 Å². The van der Waals surface area contributed by atoms with E-state index in [0.717, 1.165) is 25.1 Å². The molecule has 0 aliphatic carbocycles. The minimum atomic E-state index is -0.733. The lowest BCUT2D eigenvalue weighted by atomic mass is 9.85. The van der Waals surface area contributed by atoms with Gasteiger partial charge in [-0.2, -0.15) is 0 Å². The van der Waals surface area contributed by atoms with Crippen LogP contribution in [0.2, 0.25) is 0 Å². The Morgan fingerprint density at radius 2 is 1.71 bits per heavy atom. The summed E-state index contributed by atoms with van der Waals surface area (Å²) in [6.45, 7) is 0.811. The maximum Gasteiger partial charge on any atom is 0.257 e. The number of carbonyl (C=O) groups is 1. The van der Waals surface area contributed by atoms with Gasteiger partial charge in [0.2, 0.25) is 0 Å². The standard InChI is InChI=1S/C20H22N2O2/c1-21-14-8-13-20(19(21)23)15-18(16-9-4-2-5-10-16)22(24-20)17-11-6-3-7-12-17/h2-7,9-12,18H,8,13-15H2,1H3/t18-,20+/m0/s1. The fourth-order valence-corrected chi connectivity index (χ4v) is 3.85. The number of amides is 1. The van der Waals surface area contributed by atoms with Gasteiger partial charge >= 0.3 is 0 Å². The van der Waals surface area contributed by atoms with E-state index in [2.05, 4.69) is 12.1 Å². The maximum atomic E-state index is 12.9. The fourth-order valence-electron chi connectivity index (χ4n) is 3.85. The number of nitrogens with zero attached hydrogens (tertiary/aromatic N) is 2. The van der Waals surface area contributed by atoms with Gasteiger partial charge in [-0.25, -0.2) is 5.06 Å². The third kappa shape index (κ3) is 2.47. The SMILES string of the molecule is CN1CCC[C@@]2(C[C@@H](c3ccccc3)N(c3ccccc3)O2)C1=O. The highest BCUT2D eigenvalue weighted by Crippen LogP contribution is 2.47. The summed E-state index contributed by atoms with van der Waals surface area (Å²) in [5, 5.41) is 1.94. The molecule has 2 aliphatic rings.